The van der Waals surface area contributed by atoms with Crippen molar-refractivity contribution < 1.29 is 4.79 Å². The topological polar surface area (TPSA) is 41.1 Å². The molecule has 0 spiro atoms. The van der Waals surface area contributed by atoms with Gasteiger partial charge in [-0.05, 0) is 57.1 Å². The van der Waals surface area contributed by atoms with Gasteiger partial charge in [-0.25, -0.2) is 0 Å². The summed E-state index contributed by atoms with van der Waals surface area (Å²) in [4.78, 5) is 12.0. The summed E-state index contributed by atoms with van der Waals surface area (Å²) >= 11 is 0. The molecule has 1 aromatic carbocycles. The summed E-state index contributed by atoms with van der Waals surface area (Å²) < 4.78 is 0. The lowest BCUT2D eigenvalue weighted by Crippen LogP contribution is -2.41. The average Bonchev–Trinajstić information content (AvgIpc) is 2.63. The van der Waals surface area contributed by atoms with Crippen LogP contribution >= 0.6 is 9.24 Å². The molecule has 0 radical (unpaired) electrons. The van der Waals surface area contributed by atoms with Crippen LogP contribution in [0.25, 0.3) is 0 Å². The number of rotatable bonds is 5. The number of hydrogen-bond acceptors (Lipinski definition) is 2. The molecule has 1 aliphatic carbocycles. The summed E-state index contributed by atoms with van der Waals surface area (Å²) in [6, 6.07) is 8.70. The zero-order chi connectivity index (χ0) is 18.7. The van der Waals surface area contributed by atoms with Gasteiger partial charge in [-0.2, -0.15) is 0 Å². The minimum atomic E-state index is 0.0582. The van der Waals surface area contributed by atoms with Gasteiger partial charge >= 0.3 is 0 Å². The Morgan fingerprint density at radius 1 is 1.12 bits per heavy atom. The summed E-state index contributed by atoms with van der Waals surface area (Å²) in [5.74, 6) is 0.0582. The van der Waals surface area contributed by atoms with E-state index in [1.54, 1.807) is 12.2 Å². The van der Waals surface area contributed by atoms with E-state index in [1.807, 2.05) is 44.3 Å². The summed E-state index contributed by atoms with van der Waals surface area (Å²) in [6.07, 6.45) is 9.80. The third kappa shape index (κ3) is 8.29. The third-order valence-electron chi connectivity index (χ3n) is 4.33. The predicted molar refractivity (Wildman–Crippen MR) is 112 cm³/mol. The van der Waals surface area contributed by atoms with E-state index in [1.165, 1.54) is 5.56 Å². The van der Waals surface area contributed by atoms with E-state index in [9.17, 15) is 4.79 Å². The lowest BCUT2D eigenvalue weighted by Gasteiger charge is -2.28. The number of amides is 1. The van der Waals surface area contributed by atoms with Crippen molar-refractivity contribution in [2.24, 2.45) is 0 Å². The molecule has 1 unspecified atom stereocenters. The smallest absolute Gasteiger partial charge is 0.251 e. The molecule has 4 heteroatoms. The maximum absolute atomic E-state index is 12.0. The third-order valence-corrected chi connectivity index (χ3v) is 4.76. The van der Waals surface area contributed by atoms with Crippen LogP contribution in [-0.2, 0) is 0 Å². The van der Waals surface area contributed by atoms with E-state index in [0.717, 1.165) is 36.6 Å². The fraction of sp³-hybridized carbons (Fsp3) is 0.381. The van der Waals surface area contributed by atoms with Gasteiger partial charge in [0.2, 0.25) is 0 Å². The van der Waals surface area contributed by atoms with Gasteiger partial charge in [-0.3, -0.25) is 4.79 Å². The van der Waals surface area contributed by atoms with Crippen molar-refractivity contribution >= 4 is 15.1 Å². The van der Waals surface area contributed by atoms with Crippen molar-refractivity contribution in [3.8, 4) is 0 Å². The van der Waals surface area contributed by atoms with Crippen LogP contribution in [0.1, 0.15) is 41.6 Å². The lowest BCUT2D eigenvalue weighted by molar-refractivity contribution is 0.0924. The first-order valence-corrected chi connectivity index (χ1v) is 9.33. The van der Waals surface area contributed by atoms with Crippen molar-refractivity contribution in [1.82, 2.24) is 10.6 Å². The monoisotopic (exact) mass is 358 g/mol. The summed E-state index contributed by atoms with van der Waals surface area (Å²) in [5.41, 5.74) is 1.94. The highest BCUT2D eigenvalue weighted by molar-refractivity contribution is 7.22. The number of aryl methyl sites for hydroxylation is 1. The van der Waals surface area contributed by atoms with Gasteiger partial charge < -0.3 is 10.6 Å². The van der Waals surface area contributed by atoms with Gasteiger partial charge in [0.15, 0.2) is 0 Å². The second-order valence-corrected chi connectivity index (χ2v) is 6.95. The van der Waals surface area contributed by atoms with E-state index in [0.29, 0.717) is 12.1 Å². The molecule has 1 aliphatic rings. The molecule has 136 valence electrons. The zero-order valence-corrected chi connectivity index (χ0v) is 16.6. The number of carbonyl (C=O) groups is 1. The average molecular weight is 358 g/mol. The van der Waals surface area contributed by atoms with Crippen molar-refractivity contribution in [3.05, 3.63) is 72.1 Å². The van der Waals surface area contributed by atoms with Crippen molar-refractivity contribution in [2.45, 2.75) is 44.7 Å². The number of hydrogen-bond donors (Lipinski definition) is 2. The fourth-order valence-corrected chi connectivity index (χ4v) is 2.84. The van der Waals surface area contributed by atoms with Gasteiger partial charge in [0.05, 0.1) is 0 Å². The van der Waals surface area contributed by atoms with Crippen LogP contribution < -0.4 is 10.6 Å². The SMILES string of the molecule is C=C/C=C(/P)C=C.CNC1CCC(NC(=O)c2ccc(C)cc2)CC1. The van der Waals surface area contributed by atoms with Crippen LogP contribution in [0.15, 0.2) is 61.0 Å². The molecule has 1 fully saturated rings. The highest BCUT2D eigenvalue weighted by atomic mass is 31.0. The molecule has 1 aromatic rings. The van der Waals surface area contributed by atoms with Crippen LogP contribution in [0.3, 0.4) is 0 Å². The van der Waals surface area contributed by atoms with Gasteiger partial charge in [-0.15, -0.1) is 9.24 Å². The van der Waals surface area contributed by atoms with Crippen LogP contribution in [0.2, 0.25) is 0 Å². The Hall–Kier alpha value is -1.70. The van der Waals surface area contributed by atoms with Crippen molar-refractivity contribution in [3.63, 3.8) is 0 Å². The number of carbonyl (C=O) groups excluding carboxylic acids is 1. The van der Waals surface area contributed by atoms with Gasteiger partial charge in [0.1, 0.15) is 0 Å². The minimum absolute atomic E-state index is 0.0582. The zero-order valence-electron chi connectivity index (χ0n) is 15.4. The molecular formula is C21H31N2OP. The maximum Gasteiger partial charge on any atom is 0.251 e. The maximum atomic E-state index is 12.0. The first-order valence-electron chi connectivity index (χ1n) is 8.75. The molecule has 2 rings (SSSR count). The van der Waals surface area contributed by atoms with Crippen LogP contribution in [0.5, 0.6) is 0 Å². The van der Waals surface area contributed by atoms with Crippen LogP contribution in [-0.4, -0.2) is 25.0 Å². The largest absolute Gasteiger partial charge is 0.349 e. The molecule has 0 aliphatic heterocycles. The van der Waals surface area contributed by atoms with Gasteiger partial charge in [0.25, 0.3) is 5.91 Å². The second kappa shape index (κ2) is 11.8. The minimum Gasteiger partial charge on any atom is -0.349 e. The van der Waals surface area contributed by atoms with E-state index in [-0.39, 0.29) is 5.91 Å². The Morgan fingerprint density at radius 2 is 1.68 bits per heavy atom. The molecule has 1 amide bonds. The van der Waals surface area contributed by atoms with E-state index in [4.69, 9.17) is 0 Å². The van der Waals surface area contributed by atoms with Gasteiger partial charge in [0, 0.05) is 17.6 Å². The summed E-state index contributed by atoms with van der Waals surface area (Å²) in [5, 5.41) is 7.50. The Kier molecular flexibility index (Phi) is 10.1. The molecule has 0 saturated heterocycles. The predicted octanol–water partition coefficient (Wildman–Crippen LogP) is 4.37. The summed E-state index contributed by atoms with van der Waals surface area (Å²) in [7, 11) is 4.54. The normalized spacial score (nSPS) is 20.0. The second-order valence-electron chi connectivity index (χ2n) is 6.28. The molecular weight excluding hydrogens is 327 g/mol. The molecule has 0 aromatic heterocycles. The molecule has 1 atom stereocenters. The van der Waals surface area contributed by atoms with E-state index in [2.05, 4.69) is 33.0 Å². The van der Waals surface area contributed by atoms with Crippen molar-refractivity contribution in [1.29, 1.82) is 0 Å². The van der Waals surface area contributed by atoms with Gasteiger partial charge in [-0.1, -0.05) is 49.1 Å². The van der Waals surface area contributed by atoms with Crippen molar-refractivity contribution in [2.75, 3.05) is 7.05 Å². The quantitative estimate of drug-likeness (QED) is 0.606. The molecule has 1 saturated carbocycles. The standard InChI is InChI=1S/C15H22N2O.C6H9P/c1-11-3-5-12(6-4-11)15(18)17-14-9-7-13(16-2)8-10-14;1-3-5-6(7)4-2/h3-6,13-14,16H,7-10H2,1-2H3,(H,17,18);3-5H,1-2,7H2/b;6-5+. The van der Waals surface area contributed by atoms with Crippen LogP contribution in [0, 0.1) is 6.92 Å². The highest BCUT2D eigenvalue weighted by Crippen LogP contribution is 2.18. The molecule has 0 heterocycles. The lowest BCUT2D eigenvalue weighted by atomic mass is 9.91. The highest BCUT2D eigenvalue weighted by Gasteiger charge is 2.21. The molecule has 25 heavy (non-hydrogen) atoms. The Balaban J connectivity index is 0.000000381. The first kappa shape index (κ1) is 21.3. The fourth-order valence-electron chi connectivity index (χ4n) is 2.70. The first-order chi connectivity index (χ1) is 12.0. The molecule has 0 bridgehead atoms. The van der Waals surface area contributed by atoms with Crippen LogP contribution in [0.4, 0.5) is 0 Å². The Bertz CT molecular complexity index is 584. The number of allylic oxidation sites excluding steroid dienone is 4. The number of nitrogens with one attached hydrogen (secondary N) is 2. The molecule has 3 nitrogen and oxygen atoms in total. The van der Waals surface area contributed by atoms with E-state index < -0.39 is 0 Å². The summed E-state index contributed by atoms with van der Waals surface area (Å²) in [6.45, 7) is 9.08. The number of benzene rings is 1. The van der Waals surface area contributed by atoms with E-state index >= 15 is 0 Å². The Morgan fingerprint density at radius 3 is 2.12 bits per heavy atom. The molecule has 2 N–H and O–H groups in total. The Labute approximate surface area is 154 Å².